The van der Waals surface area contributed by atoms with Crippen LogP contribution in [0.2, 0.25) is 0 Å². The number of aromatic nitrogens is 2. The van der Waals surface area contributed by atoms with Crippen LogP contribution in [0.25, 0.3) is 0 Å². The van der Waals surface area contributed by atoms with E-state index in [1.165, 1.54) is 51.0 Å². The molecule has 1 aromatic heterocycles. The Morgan fingerprint density at radius 3 is 2.72 bits per heavy atom. The second kappa shape index (κ2) is 7.71. The Morgan fingerprint density at radius 1 is 1.04 bits per heavy atom. The standard InChI is InChI=1S/C21H30N4/c1-18-22-10-13-24(18)12-5-11-23-14-20-8-9-21(17-23)25(16-20)15-19-6-3-2-4-7-19/h2-4,6-7,10,13,20-21H,5,8-9,11-12,14-17H2,1H3/t20-,21+/m0/s1. The fraction of sp³-hybridized carbons (Fsp3) is 0.571. The number of aryl methyl sites for hydroxylation is 2. The van der Waals surface area contributed by atoms with Gasteiger partial charge in [-0.05, 0) is 44.2 Å². The number of hydrogen-bond acceptors (Lipinski definition) is 3. The van der Waals surface area contributed by atoms with Gasteiger partial charge in [-0.1, -0.05) is 30.3 Å². The van der Waals surface area contributed by atoms with Crippen LogP contribution in [-0.4, -0.2) is 51.6 Å². The van der Waals surface area contributed by atoms with Crippen LogP contribution in [-0.2, 0) is 13.1 Å². The summed E-state index contributed by atoms with van der Waals surface area (Å²) in [5.74, 6) is 1.97. The van der Waals surface area contributed by atoms with Crippen LogP contribution >= 0.6 is 0 Å². The van der Waals surface area contributed by atoms with Gasteiger partial charge in [0.1, 0.15) is 5.82 Å². The lowest BCUT2D eigenvalue weighted by molar-refractivity contribution is 0.123. The third-order valence-corrected chi connectivity index (χ3v) is 5.93. The molecule has 2 atom stereocenters. The molecule has 3 aliphatic heterocycles. The minimum Gasteiger partial charge on any atom is -0.335 e. The Labute approximate surface area is 151 Å². The highest BCUT2D eigenvalue weighted by Gasteiger charge is 2.34. The maximum absolute atomic E-state index is 4.32. The van der Waals surface area contributed by atoms with Gasteiger partial charge in [-0.2, -0.15) is 0 Å². The number of benzene rings is 1. The van der Waals surface area contributed by atoms with Crippen molar-refractivity contribution in [2.24, 2.45) is 5.92 Å². The summed E-state index contributed by atoms with van der Waals surface area (Å²) in [4.78, 5) is 9.79. The molecule has 4 heteroatoms. The number of fused-ring (bicyclic) bond motifs is 4. The Balaban J connectivity index is 1.32. The number of piperidine rings is 1. The first-order valence-corrected chi connectivity index (χ1v) is 9.76. The van der Waals surface area contributed by atoms with Crippen LogP contribution in [0.5, 0.6) is 0 Å². The molecule has 5 rings (SSSR count). The van der Waals surface area contributed by atoms with Gasteiger partial charge in [0.05, 0.1) is 0 Å². The van der Waals surface area contributed by atoms with Crippen molar-refractivity contribution in [1.29, 1.82) is 0 Å². The summed E-state index contributed by atoms with van der Waals surface area (Å²) in [5, 5.41) is 0. The highest BCUT2D eigenvalue weighted by atomic mass is 15.3. The lowest BCUT2D eigenvalue weighted by Gasteiger charge is -2.36. The molecule has 0 spiro atoms. The predicted molar refractivity (Wildman–Crippen MR) is 101 cm³/mol. The maximum atomic E-state index is 4.32. The van der Waals surface area contributed by atoms with Gasteiger partial charge < -0.3 is 9.47 Å². The zero-order valence-electron chi connectivity index (χ0n) is 15.3. The predicted octanol–water partition coefficient (Wildman–Crippen LogP) is 3.18. The molecule has 2 bridgehead atoms. The summed E-state index contributed by atoms with van der Waals surface area (Å²) in [6, 6.07) is 11.7. The minimum absolute atomic E-state index is 0.730. The van der Waals surface area contributed by atoms with Crippen molar-refractivity contribution in [2.75, 3.05) is 26.2 Å². The van der Waals surface area contributed by atoms with Crippen LogP contribution < -0.4 is 0 Å². The van der Waals surface area contributed by atoms with Crippen LogP contribution in [0.15, 0.2) is 42.7 Å². The molecule has 4 nitrogen and oxygen atoms in total. The van der Waals surface area contributed by atoms with Crippen molar-refractivity contribution < 1.29 is 0 Å². The number of nitrogens with zero attached hydrogens (tertiary/aromatic N) is 4. The third-order valence-electron chi connectivity index (χ3n) is 5.93. The van der Waals surface area contributed by atoms with E-state index in [-0.39, 0.29) is 0 Å². The van der Waals surface area contributed by atoms with Gasteiger partial charge in [0, 0.05) is 51.2 Å². The molecule has 2 aromatic rings. The molecule has 0 saturated carbocycles. The molecule has 0 N–H and O–H groups in total. The molecule has 4 heterocycles. The fourth-order valence-electron chi connectivity index (χ4n) is 4.58. The van der Waals surface area contributed by atoms with Crippen LogP contribution in [0.4, 0.5) is 0 Å². The first kappa shape index (κ1) is 16.8. The van der Waals surface area contributed by atoms with Gasteiger partial charge in [-0.25, -0.2) is 4.98 Å². The van der Waals surface area contributed by atoms with Gasteiger partial charge in [-0.3, -0.25) is 4.90 Å². The summed E-state index contributed by atoms with van der Waals surface area (Å²) >= 11 is 0. The molecule has 0 radical (unpaired) electrons. The van der Waals surface area contributed by atoms with Crippen molar-refractivity contribution in [3.05, 3.63) is 54.1 Å². The summed E-state index contributed by atoms with van der Waals surface area (Å²) in [6.45, 7) is 9.31. The average Bonchev–Trinajstić information content (AvgIpc) is 2.84. The van der Waals surface area contributed by atoms with Gasteiger partial charge in [0.2, 0.25) is 0 Å². The van der Waals surface area contributed by atoms with E-state index in [1.807, 2.05) is 6.20 Å². The average molecular weight is 338 g/mol. The first-order valence-electron chi connectivity index (χ1n) is 9.76. The van der Waals surface area contributed by atoms with E-state index >= 15 is 0 Å². The highest BCUT2D eigenvalue weighted by Crippen LogP contribution is 2.29. The van der Waals surface area contributed by atoms with Crippen molar-refractivity contribution in [3.63, 3.8) is 0 Å². The van der Waals surface area contributed by atoms with Gasteiger partial charge in [-0.15, -0.1) is 0 Å². The molecule has 3 fully saturated rings. The molecule has 3 aliphatic rings. The largest absolute Gasteiger partial charge is 0.335 e. The second-order valence-corrected chi connectivity index (χ2v) is 7.79. The van der Waals surface area contributed by atoms with E-state index < -0.39 is 0 Å². The van der Waals surface area contributed by atoms with Crippen molar-refractivity contribution in [3.8, 4) is 0 Å². The number of rotatable bonds is 6. The second-order valence-electron chi connectivity index (χ2n) is 7.79. The van der Waals surface area contributed by atoms with Crippen LogP contribution in [0.3, 0.4) is 0 Å². The Morgan fingerprint density at radius 2 is 1.92 bits per heavy atom. The lowest BCUT2D eigenvalue weighted by atomic mass is 9.94. The summed E-state index contributed by atoms with van der Waals surface area (Å²) in [6.07, 6.45) is 8.00. The van der Waals surface area contributed by atoms with Crippen LogP contribution in [0.1, 0.15) is 30.7 Å². The Bertz CT molecular complexity index is 666. The zero-order chi connectivity index (χ0) is 17.1. The van der Waals surface area contributed by atoms with Crippen molar-refractivity contribution in [2.45, 2.75) is 45.3 Å². The van der Waals surface area contributed by atoms with E-state index in [0.29, 0.717) is 0 Å². The SMILES string of the molecule is Cc1nccn1CCCN1C[C@@H]2CC[C@H](C1)N(Cc1ccccc1)C2. The van der Waals surface area contributed by atoms with Crippen molar-refractivity contribution in [1.82, 2.24) is 19.4 Å². The Kier molecular flexibility index (Phi) is 5.18. The number of imidazole rings is 1. The van der Waals surface area contributed by atoms with E-state index in [4.69, 9.17) is 0 Å². The molecular weight excluding hydrogens is 308 g/mol. The van der Waals surface area contributed by atoms with Gasteiger partial charge >= 0.3 is 0 Å². The number of hydrogen-bond donors (Lipinski definition) is 0. The summed E-state index contributed by atoms with van der Waals surface area (Å²) in [5.41, 5.74) is 1.46. The summed E-state index contributed by atoms with van der Waals surface area (Å²) < 4.78 is 2.27. The third kappa shape index (κ3) is 4.13. The highest BCUT2D eigenvalue weighted by molar-refractivity contribution is 5.15. The first-order chi connectivity index (χ1) is 12.3. The van der Waals surface area contributed by atoms with E-state index in [9.17, 15) is 0 Å². The molecule has 0 amide bonds. The smallest absolute Gasteiger partial charge is 0.105 e. The monoisotopic (exact) mass is 338 g/mol. The minimum atomic E-state index is 0.730. The molecule has 0 aliphatic carbocycles. The Hall–Kier alpha value is -1.65. The zero-order valence-corrected chi connectivity index (χ0v) is 15.3. The fourth-order valence-corrected chi connectivity index (χ4v) is 4.58. The van der Waals surface area contributed by atoms with Crippen molar-refractivity contribution >= 4 is 0 Å². The van der Waals surface area contributed by atoms with E-state index in [2.05, 4.69) is 62.8 Å². The lowest BCUT2D eigenvalue weighted by Crippen LogP contribution is -2.43. The normalized spacial score (nSPS) is 24.5. The molecule has 25 heavy (non-hydrogen) atoms. The van der Waals surface area contributed by atoms with Gasteiger partial charge in [0.25, 0.3) is 0 Å². The van der Waals surface area contributed by atoms with Crippen LogP contribution in [0, 0.1) is 12.8 Å². The quantitative estimate of drug-likeness (QED) is 0.808. The molecule has 134 valence electrons. The molecular formula is C21H30N4. The molecule has 1 aromatic carbocycles. The van der Waals surface area contributed by atoms with Gasteiger partial charge in [0.15, 0.2) is 0 Å². The van der Waals surface area contributed by atoms with E-state index in [0.717, 1.165) is 30.9 Å². The van der Waals surface area contributed by atoms with E-state index in [1.54, 1.807) is 0 Å². The maximum Gasteiger partial charge on any atom is 0.105 e. The summed E-state index contributed by atoms with van der Waals surface area (Å²) in [7, 11) is 0. The molecule has 3 saturated heterocycles. The molecule has 0 unspecified atom stereocenters. The topological polar surface area (TPSA) is 24.3 Å².